The van der Waals surface area contributed by atoms with Gasteiger partial charge in [-0.1, -0.05) is 0 Å². The van der Waals surface area contributed by atoms with E-state index in [2.05, 4.69) is 15.5 Å². The molecule has 0 amide bonds. The predicted octanol–water partition coefficient (Wildman–Crippen LogP) is 1.64. The lowest BCUT2D eigenvalue weighted by Crippen LogP contribution is -2.27. The van der Waals surface area contributed by atoms with Crippen molar-refractivity contribution in [3.63, 3.8) is 0 Å². The Kier molecular flexibility index (Phi) is 6.94. The van der Waals surface area contributed by atoms with Crippen molar-refractivity contribution in [1.82, 2.24) is 4.98 Å². The Morgan fingerprint density at radius 2 is 2.11 bits per heavy atom. The SMILES string of the molecule is COCC/C(=N\Nc1ccc(F)cn1)C(OC)OC. The van der Waals surface area contributed by atoms with Gasteiger partial charge in [0.15, 0.2) is 6.29 Å². The number of hydrogen-bond donors (Lipinski definition) is 1. The topological polar surface area (TPSA) is 65.0 Å². The molecule has 106 valence electrons. The molecule has 1 aromatic rings. The van der Waals surface area contributed by atoms with E-state index in [1.54, 1.807) is 7.11 Å². The van der Waals surface area contributed by atoms with Gasteiger partial charge in [-0.25, -0.2) is 9.37 Å². The Balaban J connectivity index is 2.72. The van der Waals surface area contributed by atoms with E-state index in [1.165, 1.54) is 26.4 Å². The van der Waals surface area contributed by atoms with Crippen LogP contribution in [-0.4, -0.2) is 44.9 Å². The van der Waals surface area contributed by atoms with Crippen LogP contribution in [-0.2, 0) is 14.2 Å². The average molecular weight is 271 g/mol. The lowest BCUT2D eigenvalue weighted by Gasteiger charge is -2.16. The predicted molar refractivity (Wildman–Crippen MR) is 69.6 cm³/mol. The molecule has 1 N–H and O–H groups in total. The average Bonchev–Trinajstić information content (AvgIpc) is 2.44. The van der Waals surface area contributed by atoms with E-state index in [4.69, 9.17) is 14.2 Å². The fourth-order valence-electron chi connectivity index (χ4n) is 1.37. The zero-order chi connectivity index (χ0) is 14.1. The number of methoxy groups -OCH3 is 3. The third kappa shape index (κ3) is 5.29. The van der Waals surface area contributed by atoms with Crippen molar-refractivity contribution in [2.75, 3.05) is 33.4 Å². The summed E-state index contributed by atoms with van der Waals surface area (Å²) in [5.74, 6) is 0.0306. The van der Waals surface area contributed by atoms with Crippen molar-refractivity contribution in [1.29, 1.82) is 0 Å². The molecule has 0 fully saturated rings. The highest BCUT2D eigenvalue weighted by molar-refractivity contribution is 5.88. The normalized spacial score (nSPS) is 11.9. The maximum absolute atomic E-state index is 12.7. The van der Waals surface area contributed by atoms with Gasteiger partial charge in [-0.15, -0.1) is 0 Å². The summed E-state index contributed by atoms with van der Waals surface area (Å²) >= 11 is 0. The molecule has 0 aliphatic heterocycles. The number of anilines is 1. The van der Waals surface area contributed by atoms with Gasteiger partial charge in [-0.2, -0.15) is 5.10 Å². The smallest absolute Gasteiger partial charge is 0.198 e. The second kappa shape index (κ2) is 8.52. The molecule has 0 aromatic carbocycles. The van der Waals surface area contributed by atoms with Crippen LogP contribution in [0.25, 0.3) is 0 Å². The minimum atomic E-state index is -0.567. The number of rotatable bonds is 8. The van der Waals surface area contributed by atoms with Gasteiger partial charge in [-0.3, -0.25) is 5.43 Å². The van der Waals surface area contributed by atoms with Gasteiger partial charge >= 0.3 is 0 Å². The van der Waals surface area contributed by atoms with Crippen LogP contribution >= 0.6 is 0 Å². The second-order valence-corrected chi connectivity index (χ2v) is 3.62. The van der Waals surface area contributed by atoms with Gasteiger partial charge in [0.1, 0.15) is 11.6 Å². The lowest BCUT2D eigenvalue weighted by atomic mass is 10.2. The molecule has 0 aliphatic carbocycles. The quantitative estimate of drug-likeness (QED) is 0.442. The number of aromatic nitrogens is 1. The van der Waals surface area contributed by atoms with Gasteiger partial charge in [0.2, 0.25) is 0 Å². The maximum atomic E-state index is 12.7. The highest BCUT2D eigenvalue weighted by Crippen LogP contribution is 2.06. The first kappa shape index (κ1) is 15.5. The van der Waals surface area contributed by atoms with E-state index in [-0.39, 0.29) is 0 Å². The van der Waals surface area contributed by atoms with Crippen molar-refractivity contribution in [3.05, 3.63) is 24.1 Å². The molecule has 0 aliphatic rings. The molecular formula is C12H18FN3O3. The van der Waals surface area contributed by atoms with Crippen LogP contribution in [0, 0.1) is 5.82 Å². The Morgan fingerprint density at radius 3 is 2.63 bits per heavy atom. The number of hydrazone groups is 1. The lowest BCUT2D eigenvalue weighted by molar-refractivity contribution is -0.0538. The summed E-state index contributed by atoms with van der Waals surface area (Å²) in [5.41, 5.74) is 3.35. The standard InChI is InChI=1S/C12H18FN3O3/c1-17-7-6-10(12(18-2)19-3)15-16-11-5-4-9(13)8-14-11/h4-5,8,12H,6-7H2,1-3H3,(H,14,16)/b15-10+. The molecular weight excluding hydrogens is 253 g/mol. The molecule has 0 radical (unpaired) electrons. The van der Waals surface area contributed by atoms with E-state index in [0.29, 0.717) is 24.6 Å². The highest BCUT2D eigenvalue weighted by atomic mass is 19.1. The van der Waals surface area contributed by atoms with Crippen LogP contribution in [0.1, 0.15) is 6.42 Å². The van der Waals surface area contributed by atoms with Crippen molar-refractivity contribution < 1.29 is 18.6 Å². The molecule has 1 rings (SSSR count). The zero-order valence-corrected chi connectivity index (χ0v) is 11.2. The molecule has 0 bridgehead atoms. The summed E-state index contributed by atoms with van der Waals surface area (Å²) in [6, 6.07) is 2.78. The van der Waals surface area contributed by atoms with Crippen LogP contribution in [0.3, 0.4) is 0 Å². The number of nitrogens with one attached hydrogen (secondary N) is 1. The van der Waals surface area contributed by atoms with Crippen molar-refractivity contribution in [3.8, 4) is 0 Å². The maximum Gasteiger partial charge on any atom is 0.198 e. The van der Waals surface area contributed by atoms with E-state index in [9.17, 15) is 4.39 Å². The molecule has 1 heterocycles. The summed E-state index contributed by atoms with van der Waals surface area (Å²) in [7, 11) is 4.64. The summed E-state index contributed by atoms with van der Waals surface area (Å²) in [5, 5.41) is 4.15. The van der Waals surface area contributed by atoms with Gasteiger partial charge in [0.25, 0.3) is 0 Å². The van der Waals surface area contributed by atoms with Crippen molar-refractivity contribution in [2.24, 2.45) is 5.10 Å². The Morgan fingerprint density at radius 1 is 1.37 bits per heavy atom. The summed E-state index contributed by atoms with van der Waals surface area (Å²) in [6.07, 6.45) is 1.08. The van der Waals surface area contributed by atoms with Crippen LogP contribution in [0.15, 0.2) is 23.4 Å². The highest BCUT2D eigenvalue weighted by Gasteiger charge is 2.14. The first-order valence-corrected chi connectivity index (χ1v) is 5.69. The van der Waals surface area contributed by atoms with Crippen LogP contribution < -0.4 is 5.43 Å². The Hall–Kier alpha value is -1.57. The van der Waals surface area contributed by atoms with Crippen molar-refractivity contribution >= 4 is 11.5 Å². The Labute approximate surface area is 111 Å². The summed E-state index contributed by atoms with van der Waals surface area (Å²) in [6.45, 7) is 0.487. The minimum Gasteiger partial charge on any atom is -0.384 e. The number of ether oxygens (including phenoxy) is 3. The Bertz CT molecular complexity index is 394. The molecule has 7 heteroatoms. The van der Waals surface area contributed by atoms with Gasteiger partial charge in [0.05, 0.1) is 18.5 Å². The van der Waals surface area contributed by atoms with Gasteiger partial charge in [-0.05, 0) is 12.1 Å². The van der Waals surface area contributed by atoms with Crippen LogP contribution in [0.5, 0.6) is 0 Å². The fraction of sp³-hybridized carbons (Fsp3) is 0.500. The van der Waals surface area contributed by atoms with Crippen LogP contribution in [0.4, 0.5) is 10.2 Å². The fourth-order valence-corrected chi connectivity index (χ4v) is 1.37. The number of pyridine rings is 1. The second-order valence-electron chi connectivity index (χ2n) is 3.62. The van der Waals surface area contributed by atoms with E-state index >= 15 is 0 Å². The molecule has 0 saturated carbocycles. The molecule has 0 atom stereocenters. The number of hydrogen-bond acceptors (Lipinski definition) is 6. The first-order valence-electron chi connectivity index (χ1n) is 5.69. The van der Waals surface area contributed by atoms with Gasteiger partial charge in [0, 0.05) is 27.8 Å². The third-order valence-electron chi connectivity index (χ3n) is 2.30. The van der Waals surface area contributed by atoms with Crippen molar-refractivity contribution in [2.45, 2.75) is 12.7 Å². The number of nitrogens with zero attached hydrogens (tertiary/aromatic N) is 2. The van der Waals surface area contributed by atoms with E-state index < -0.39 is 12.1 Å². The molecule has 0 saturated heterocycles. The van der Waals surface area contributed by atoms with E-state index in [1.807, 2.05) is 0 Å². The first-order chi connectivity index (χ1) is 9.21. The monoisotopic (exact) mass is 271 g/mol. The summed E-state index contributed by atoms with van der Waals surface area (Å²) < 4.78 is 28.0. The number of halogens is 1. The van der Waals surface area contributed by atoms with E-state index in [0.717, 1.165) is 6.20 Å². The molecule has 6 nitrogen and oxygen atoms in total. The minimum absolute atomic E-state index is 0.402. The van der Waals surface area contributed by atoms with Gasteiger partial charge < -0.3 is 14.2 Å². The van der Waals surface area contributed by atoms with Crippen LogP contribution in [0.2, 0.25) is 0 Å². The molecule has 0 spiro atoms. The molecule has 19 heavy (non-hydrogen) atoms. The molecule has 1 aromatic heterocycles. The third-order valence-corrected chi connectivity index (χ3v) is 2.30. The zero-order valence-electron chi connectivity index (χ0n) is 11.2. The molecule has 0 unspecified atom stereocenters. The summed E-state index contributed by atoms with van der Waals surface area (Å²) in [4.78, 5) is 3.84. The largest absolute Gasteiger partial charge is 0.384 e.